The van der Waals surface area contributed by atoms with E-state index in [4.69, 9.17) is 0 Å². The summed E-state index contributed by atoms with van der Waals surface area (Å²) in [6, 6.07) is 15.9. The van der Waals surface area contributed by atoms with E-state index < -0.39 is 0 Å². The molecule has 0 bridgehead atoms. The summed E-state index contributed by atoms with van der Waals surface area (Å²) >= 11 is 0. The Morgan fingerprint density at radius 3 is 2.67 bits per heavy atom. The number of quaternary nitrogens is 1. The molecule has 2 heterocycles. The van der Waals surface area contributed by atoms with E-state index in [1.807, 2.05) is 42.5 Å². The highest BCUT2D eigenvalue weighted by molar-refractivity contribution is 5.94. The fourth-order valence-electron chi connectivity index (χ4n) is 4.19. The molecule has 2 N–H and O–H groups in total. The van der Waals surface area contributed by atoms with Gasteiger partial charge in [0.1, 0.15) is 6.07 Å². The van der Waals surface area contributed by atoms with Gasteiger partial charge in [0.15, 0.2) is 0 Å². The van der Waals surface area contributed by atoms with Gasteiger partial charge in [0, 0.05) is 42.0 Å². The number of piperidine rings is 1. The number of carbonyl (C=O) groups excluding carboxylic acids is 1. The Morgan fingerprint density at radius 2 is 1.97 bits per heavy atom. The molecular weight excluding hydrogens is 376 g/mol. The number of amides is 1. The van der Waals surface area contributed by atoms with Crippen LogP contribution in [-0.4, -0.2) is 42.2 Å². The molecule has 0 atom stereocenters. The Hall–Kier alpha value is -3.14. The maximum Gasteiger partial charge on any atom is 0.251 e. The van der Waals surface area contributed by atoms with Gasteiger partial charge in [-0.05, 0) is 47.7 Å². The van der Waals surface area contributed by atoms with Crippen LogP contribution in [0.5, 0.6) is 0 Å². The van der Waals surface area contributed by atoms with Crippen molar-refractivity contribution in [3.05, 3.63) is 76.1 Å². The lowest BCUT2D eigenvalue weighted by molar-refractivity contribution is -0.866. The maximum atomic E-state index is 12.5. The van der Waals surface area contributed by atoms with E-state index >= 15 is 0 Å². The summed E-state index contributed by atoms with van der Waals surface area (Å²) < 4.78 is -0.147. The van der Waals surface area contributed by atoms with Crippen LogP contribution in [0.15, 0.2) is 48.7 Å². The number of aromatic nitrogens is 1. The minimum Gasteiger partial charge on any atom is -0.633 e. The van der Waals surface area contributed by atoms with Gasteiger partial charge in [-0.15, -0.1) is 0 Å². The molecule has 154 valence electrons. The van der Waals surface area contributed by atoms with Gasteiger partial charge in [-0.3, -0.25) is 4.79 Å². The zero-order valence-corrected chi connectivity index (χ0v) is 17.1. The second-order valence-electron chi connectivity index (χ2n) is 8.34. The van der Waals surface area contributed by atoms with Crippen LogP contribution in [0.4, 0.5) is 0 Å². The number of hydroxylamine groups is 3. The minimum atomic E-state index is -0.147. The molecule has 6 heteroatoms. The molecule has 0 aliphatic carbocycles. The number of nitrogens with one attached hydrogen (secondary N) is 2. The SMILES string of the molecule is C[N+]1([O-])CCC(c2ccc(C(=O)NCCc3ccc4[nH]cc(C#N)c4c3)cc2)CC1. The third kappa shape index (κ3) is 4.38. The van der Waals surface area contributed by atoms with Crippen molar-refractivity contribution >= 4 is 16.8 Å². The molecule has 1 aromatic heterocycles. The smallest absolute Gasteiger partial charge is 0.251 e. The van der Waals surface area contributed by atoms with E-state index in [2.05, 4.69) is 16.4 Å². The van der Waals surface area contributed by atoms with Crippen molar-refractivity contribution < 1.29 is 9.44 Å². The fraction of sp³-hybridized carbons (Fsp3) is 0.333. The Labute approximate surface area is 176 Å². The van der Waals surface area contributed by atoms with E-state index in [0.29, 0.717) is 43.1 Å². The van der Waals surface area contributed by atoms with E-state index in [-0.39, 0.29) is 10.6 Å². The molecule has 3 aromatic rings. The number of aromatic amines is 1. The Bertz CT molecular complexity index is 1080. The number of hydrogen-bond acceptors (Lipinski definition) is 3. The van der Waals surface area contributed by atoms with Gasteiger partial charge in [-0.25, -0.2) is 0 Å². The van der Waals surface area contributed by atoms with Gasteiger partial charge >= 0.3 is 0 Å². The zero-order chi connectivity index (χ0) is 21.1. The van der Waals surface area contributed by atoms with Crippen molar-refractivity contribution in [3.63, 3.8) is 0 Å². The van der Waals surface area contributed by atoms with Gasteiger partial charge < -0.3 is 20.2 Å². The number of fused-ring (bicyclic) bond motifs is 1. The van der Waals surface area contributed by atoms with Crippen molar-refractivity contribution in [3.8, 4) is 6.07 Å². The molecule has 2 aromatic carbocycles. The molecule has 0 unspecified atom stereocenters. The van der Waals surface area contributed by atoms with E-state index in [1.54, 1.807) is 13.2 Å². The molecule has 1 aliphatic rings. The predicted molar refractivity (Wildman–Crippen MR) is 117 cm³/mol. The summed E-state index contributed by atoms with van der Waals surface area (Å²) in [5, 5.41) is 25.1. The number of hydrogen-bond donors (Lipinski definition) is 2. The summed E-state index contributed by atoms with van der Waals surface area (Å²) in [5.41, 5.74) is 4.51. The van der Waals surface area contributed by atoms with Crippen molar-refractivity contribution in [1.29, 1.82) is 5.26 Å². The third-order valence-corrected chi connectivity index (χ3v) is 6.11. The fourth-order valence-corrected chi connectivity index (χ4v) is 4.19. The number of likely N-dealkylation sites (tertiary alicyclic amines) is 1. The molecule has 0 spiro atoms. The molecule has 4 rings (SSSR count). The summed E-state index contributed by atoms with van der Waals surface area (Å²) in [6.45, 7) is 1.83. The van der Waals surface area contributed by atoms with Gasteiger partial charge in [0.05, 0.1) is 25.7 Å². The summed E-state index contributed by atoms with van der Waals surface area (Å²) in [7, 11) is 1.74. The number of carbonyl (C=O) groups is 1. The molecule has 1 saturated heterocycles. The highest BCUT2D eigenvalue weighted by Gasteiger charge is 2.24. The standard InChI is InChI=1S/C24H26N4O2/c1-28(30)12-9-19(10-13-28)18-3-5-20(6-4-18)24(29)26-11-8-17-2-7-23-22(14-17)21(15-25)16-27-23/h2-7,14,16,19,27H,8-13H2,1H3,(H,26,29). The molecule has 1 aliphatic heterocycles. The average Bonchev–Trinajstić information content (AvgIpc) is 3.16. The van der Waals surface area contributed by atoms with Crippen molar-refractivity contribution in [2.45, 2.75) is 25.2 Å². The molecule has 30 heavy (non-hydrogen) atoms. The van der Waals surface area contributed by atoms with Crippen LogP contribution in [0.2, 0.25) is 0 Å². The molecule has 1 fully saturated rings. The van der Waals surface area contributed by atoms with Crippen LogP contribution in [-0.2, 0) is 6.42 Å². The maximum absolute atomic E-state index is 12.5. The van der Waals surface area contributed by atoms with Gasteiger partial charge in [0.25, 0.3) is 5.91 Å². The first-order chi connectivity index (χ1) is 14.4. The first-order valence-corrected chi connectivity index (χ1v) is 10.4. The molecule has 0 radical (unpaired) electrons. The van der Waals surface area contributed by atoms with Gasteiger partial charge in [-0.2, -0.15) is 5.26 Å². The summed E-state index contributed by atoms with van der Waals surface area (Å²) in [6.07, 6.45) is 4.20. The highest BCUT2D eigenvalue weighted by Crippen LogP contribution is 2.30. The van der Waals surface area contributed by atoms with Crippen molar-refractivity contribution in [1.82, 2.24) is 10.3 Å². The van der Waals surface area contributed by atoms with Crippen LogP contribution < -0.4 is 5.32 Å². The van der Waals surface area contributed by atoms with Crippen LogP contribution in [0.1, 0.15) is 45.8 Å². The largest absolute Gasteiger partial charge is 0.633 e. The van der Waals surface area contributed by atoms with E-state index in [9.17, 15) is 15.3 Å². The quantitative estimate of drug-likeness (QED) is 0.502. The van der Waals surface area contributed by atoms with Gasteiger partial charge in [-0.1, -0.05) is 18.2 Å². The Balaban J connectivity index is 1.32. The number of nitrogens with zero attached hydrogens (tertiary/aromatic N) is 2. The monoisotopic (exact) mass is 402 g/mol. The molecule has 1 amide bonds. The molecule has 6 nitrogen and oxygen atoms in total. The average molecular weight is 402 g/mol. The van der Waals surface area contributed by atoms with Crippen molar-refractivity contribution in [2.75, 3.05) is 26.7 Å². The van der Waals surface area contributed by atoms with Crippen molar-refractivity contribution in [2.24, 2.45) is 0 Å². The minimum absolute atomic E-state index is 0.0885. The Kier molecular flexibility index (Phi) is 5.58. The summed E-state index contributed by atoms with van der Waals surface area (Å²) in [5.74, 6) is 0.318. The number of benzene rings is 2. The Morgan fingerprint density at radius 1 is 1.23 bits per heavy atom. The molecular formula is C24H26N4O2. The number of H-pyrrole nitrogens is 1. The highest BCUT2D eigenvalue weighted by atomic mass is 16.5. The van der Waals surface area contributed by atoms with Gasteiger partial charge in [0.2, 0.25) is 0 Å². The molecule has 0 saturated carbocycles. The number of rotatable bonds is 5. The first-order valence-electron chi connectivity index (χ1n) is 10.4. The lowest BCUT2D eigenvalue weighted by Gasteiger charge is -2.44. The normalized spacial score (nSPS) is 21.3. The second kappa shape index (κ2) is 8.31. The summed E-state index contributed by atoms with van der Waals surface area (Å²) in [4.78, 5) is 15.6. The topological polar surface area (TPSA) is 91.7 Å². The van der Waals surface area contributed by atoms with Crippen LogP contribution >= 0.6 is 0 Å². The zero-order valence-electron chi connectivity index (χ0n) is 17.1. The van der Waals surface area contributed by atoms with Crippen LogP contribution in [0.25, 0.3) is 10.9 Å². The predicted octanol–water partition coefficient (Wildman–Crippen LogP) is 3.83. The number of nitriles is 1. The van der Waals surface area contributed by atoms with Crippen LogP contribution in [0.3, 0.4) is 0 Å². The van der Waals surface area contributed by atoms with E-state index in [0.717, 1.165) is 29.3 Å². The van der Waals surface area contributed by atoms with E-state index in [1.165, 1.54) is 5.56 Å². The third-order valence-electron chi connectivity index (χ3n) is 6.11. The second-order valence-corrected chi connectivity index (χ2v) is 8.34. The lowest BCUT2D eigenvalue weighted by Crippen LogP contribution is -2.43. The van der Waals surface area contributed by atoms with Crippen LogP contribution in [0, 0.1) is 16.5 Å². The first kappa shape index (κ1) is 20.1. The lowest BCUT2D eigenvalue weighted by atomic mass is 9.89.